The van der Waals surface area contributed by atoms with Crippen LogP contribution >= 0.6 is 0 Å². The maximum atomic E-state index is 8.49. The van der Waals surface area contributed by atoms with Gasteiger partial charge < -0.3 is 24.1 Å². The SMILES string of the molecule is C[C@@H](COCCOCCO)OC1CCCCO1. The minimum absolute atomic E-state index is 0.0379. The van der Waals surface area contributed by atoms with Crippen LogP contribution < -0.4 is 0 Å². The molecule has 1 fully saturated rings. The van der Waals surface area contributed by atoms with Crippen LogP contribution in [-0.2, 0) is 18.9 Å². The van der Waals surface area contributed by atoms with Crippen molar-refractivity contribution < 1.29 is 24.1 Å². The van der Waals surface area contributed by atoms with Gasteiger partial charge in [-0.2, -0.15) is 0 Å². The zero-order valence-electron chi connectivity index (χ0n) is 10.6. The van der Waals surface area contributed by atoms with Crippen molar-refractivity contribution in [2.75, 3.05) is 39.6 Å². The summed E-state index contributed by atoms with van der Waals surface area (Å²) >= 11 is 0. The normalized spacial score (nSPS) is 22.6. The van der Waals surface area contributed by atoms with Gasteiger partial charge in [0.25, 0.3) is 0 Å². The van der Waals surface area contributed by atoms with E-state index >= 15 is 0 Å². The fourth-order valence-electron chi connectivity index (χ4n) is 1.65. The highest BCUT2D eigenvalue weighted by atomic mass is 16.7. The number of ether oxygens (including phenoxy) is 4. The van der Waals surface area contributed by atoms with Gasteiger partial charge in [-0.25, -0.2) is 0 Å². The van der Waals surface area contributed by atoms with Crippen LogP contribution in [0.25, 0.3) is 0 Å². The molecule has 0 aliphatic carbocycles. The van der Waals surface area contributed by atoms with Gasteiger partial charge in [-0.1, -0.05) is 0 Å². The monoisotopic (exact) mass is 248 g/mol. The van der Waals surface area contributed by atoms with Crippen molar-refractivity contribution in [3.63, 3.8) is 0 Å². The molecule has 17 heavy (non-hydrogen) atoms. The first-order valence-electron chi connectivity index (χ1n) is 6.36. The Kier molecular flexibility index (Phi) is 8.56. The molecule has 5 heteroatoms. The number of aliphatic hydroxyl groups excluding tert-OH is 1. The highest BCUT2D eigenvalue weighted by molar-refractivity contribution is 4.57. The largest absolute Gasteiger partial charge is 0.394 e. The summed E-state index contributed by atoms with van der Waals surface area (Å²) in [6, 6.07) is 0. The minimum Gasteiger partial charge on any atom is -0.394 e. The van der Waals surface area contributed by atoms with E-state index in [1.165, 1.54) is 6.42 Å². The van der Waals surface area contributed by atoms with E-state index in [2.05, 4.69) is 0 Å². The van der Waals surface area contributed by atoms with E-state index in [0.29, 0.717) is 26.4 Å². The van der Waals surface area contributed by atoms with Gasteiger partial charge in [0.05, 0.1) is 39.1 Å². The standard InChI is InChI=1S/C12H24O5/c1-11(10-15-9-8-14-7-5-13)17-12-4-2-3-6-16-12/h11-13H,2-10H2,1H3/t11-,12?/m0/s1. The molecule has 0 saturated carbocycles. The highest BCUT2D eigenvalue weighted by Crippen LogP contribution is 2.15. The maximum Gasteiger partial charge on any atom is 0.158 e. The summed E-state index contributed by atoms with van der Waals surface area (Å²) in [5.41, 5.74) is 0. The van der Waals surface area contributed by atoms with Gasteiger partial charge in [-0.3, -0.25) is 0 Å². The van der Waals surface area contributed by atoms with Crippen LogP contribution in [0.3, 0.4) is 0 Å². The molecule has 1 N–H and O–H groups in total. The van der Waals surface area contributed by atoms with E-state index in [4.69, 9.17) is 24.1 Å². The molecule has 0 amide bonds. The van der Waals surface area contributed by atoms with Crippen molar-refractivity contribution in [2.24, 2.45) is 0 Å². The topological polar surface area (TPSA) is 57.2 Å². The summed E-state index contributed by atoms with van der Waals surface area (Å²) in [6.45, 7) is 4.78. The molecule has 1 heterocycles. The third-order valence-electron chi connectivity index (χ3n) is 2.48. The van der Waals surface area contributed by atoms with Crippen LogP contribution in [0.5, 0.6) is 0 Å². The molecule has 5 nitrogen and oxygen atoms in total. The predicted octanol–water partition coefficient (Wildman–Crippen LogP) is 0.944. The number of hydrogen-bond acceptors (Lipinski definition) is 5. The maximum absolute atomic E-state index is 8.49. The first kappa shape index (κ1) is 14.9. The van der Waals surface area contributed by atoms with E-state index < -0.39 is 0 Å². The molecule has 1 aliphatic heterocycles. The summed E-state index contributed by atoms with van der Waals surface area (Å²) in [5.74, 6) is 0. The molecule has 1 unspecified atom stereocenters. The Morgan fingerprint density at radius 3 is 2.76 bits per heavy atom. The second-order valence-electron chi connectivity index (χ2n) is 4.15. The Bertz CT molecular complexity index is 170. The second kappa shape index (κ2) is 9.79. The summed E-state index contributed by atoms with van der Waals surface area (Å²) in [6.07, 6.45) is 3.26. The summed E-state index contributed by atoms with van der Waals surface area (Å²) in [7, 11) is 0. The van der Waals surface area contributed by atoms with Gasteiger partial charge in [0, 0.05) is 6.61 Å². The minimum atomic E-state index is -0.0620. The fourth-order valence-corrected chi connectivity index (χ4v) is 1.65. The highest BCUT2D eigenvalue weighted by Gasteiger charge is 2.16. The fraction of sp³-hybridized carbons (Fsp3) is 1.00. The van der Waals surface area contributed by atoms with Crippen molar-refractivity contribution >= 4 is 0 Å². The molecule has 0 radical (unpaired) electrons. The smallest absolute Gasteiger partial charge is 0.158 e. The average molecular weight is 248 g/mol. The summed E-state index contributed by atoms with van der Waals surface area (Å²) < 4.78 is 21.6. The predicted molar refractivity (Wildman–Crippen MR) is 62.9 cm³/mol. The zero-order valence-corrected chi connectivity index (χ0v) is 10.6. The van der Waals surface area contributed by atoms with E-state index in [9.17, 15) is 0 Å². The first-order chi connectivity index (χ1) is 8.33. The first-order valence-corrected chi connectivity index (χ1v) is 6.36. The Balaban J connectivity index is 1.91. The Morgan fingerprint density at radius 2 is 2.06 bits per heavy atom. The molecular formula is C12H24O5. The van der Waals surface area contributed by atoms with Crippen molar-refractivity contribution in [1.29, 1.82) is 0 Å². The summed E-state index contributed by atoms with van der Waals surface area (Å²) in [4.78, 5) is 0. The summed E-state index contributed by atoms with van der Waals surface area (Å²) in [5, 5.41) is 8.49. The quantitative estimate of drug-likeness (QED) is 0.615. The molecule has 0 aromatic rings. The van der Waals surface area contributed by atoms with Crippen LogP contribution in [0.2, 0.25) is 0 Å². The molecule has 0 bridgehead atoms. The molecule has 1 saturated heterocycles. The van der Waals surface area contributed by atoms with Gasteiger partial charge in [-0.05, 0) is 26.2 Å². The Labute approximate surface area is 103 Å². The van der Waals surface area contributed by atoms with Crippen LogP contribution in [0.15, 0.2) is 0 Å². The average Bonchev–Trinajstić information content (AvgIpc) is 2.35. The third kappa shape index (κ3) is 7.68. The van der Waals surface area contributed by atoms with Crippen LogP contribution in [0, 0.1) is 0 Å². The Morgan fingerprint density at radius 1 is 1.24 bits per heavy atom. The molecule has 102 valence electrons. The molecular weight excluding hydrogens is 224 g/mol. The van der Waals surface area contributed by atoms with Crippen LogP contribution in [0.4, 0.5) is 0 Å². The third-order valence-corrected chi connectivity index (χ3v) is 2.48. The van der Waals surface area contributed by atoms with E-state index in [0.717, 1.165) is 19.4 Å². The van der Waals surface area contributed by atoms with E-state index in [1.807, 2.05) is 6.92 Å². The Hall–Kier alpha value is -0.200. The van der Waals surface area contributed by atoms with Gasteiger partial charge in [0.1, 0.15) is 0 Å². The molecule has 2 atom stereocenters. The van der Waals surface area contributed by atoms with Gasteiger partial charge in [-0.15, -0.1) is 0 Å². The van der Waals surface area contributed by atoms with Crippen LogP contribution in [0.1, 0.15) is 26.2 Å². The van der Waals surface area contributed by atoms with Crippen LogP contribution in [-0.4, -0.2) is 57.1 Å². The molecule has 0 spiro atoms. The van der Waals surface area contributed by atoms with Crippen molar-refractivity contribution in [3.05, 3.63) is 0 Å². The number of rotatable bonds is 9. The van der Waals surface area contributed by atoms with E-state index in [-0.39, 0.29) is 19.0 Å². The zero-order chi connectivity index (χ0) is 12.3. The molecule has 0 aromatic heterocycles. The number of hydrogen-bond donors (Lipinski definition) is 1. The lowest BCUT2D eigenvalue weighted by Crippen LogP contribution is -2.29. The lowest BCUT2D eigenvalue weighted by molar-refractivity contribution is -0.194. The molecule has 0 aromatic carbocycles. The van der Waals surface area contributed by atoms with E-state index in [1.54, 1.807) is 0 Å². The van der Waals surface area contributed by atoms with Crippen molar-refractivity contribution in [3.8, 4) is 0 Å². The lowest BCUT2D eigenvalue weighted by Gasteiger charge is -2.25. The van der Waals surface area contributed by atoms with Gasteiger partial charge >= 0.3 is 0 Å². The second-order valence-corrected chi connectivity index (χ2v) is 4.15. The van der Waals surface area contributed by atoms with Gasteiger partial charge in [0.2, 0.25) is 0 Å². The van der Waals surface area contributed by atoms with Crippen molar-refractivity contribution in [2.45, 2.75) is 38.6 Å². The lowest BCUT2D eigenvalue weighted by atomic mass is 10.2. The van der Waals surface area contributed by atoms with Crippen molar-refractivity contribution in [1.82, 2.24) is 0 Å². The molecule has 1 aliphatic rings. The van der Waals surface area contributed by atoms with Gasteiger partial charge in [0.15, 0.2) is 6.29 Å². The number of aliphatic hydroxyl groups is 1. The molecule has 1 rings (SSSR count).